The number of nitrogens with one attached hydrogen (secondary N) is 1. The second-order valence-electron chi connectivity index (χ2n) is 4.66. The second-order valence-corrected chi connectivity index (χ2v) is 5.94. The number of carbonyl (C=O) groups is 2. The van der Waals surface area contributed by atoms with Crippen LogP contribution in [0.2, 0.25) is 0 Å². The number of carboxylic acid groups (broad SMARTS) is 1. The monoisotopic (exact) mass is 259 g/mol. The molecule has 98 valence electrons. The van der Waals surface area contributed by atoms with Crippen molar-refractivity contribution in [2.24, 2.45) is 5.41 Å². The molecular weight excluding hydrogens is 238 g/mol. The van der Waals surface area contributed by atoms with Crippen molar-refractivity contribution < 1.29 is 14.7 Å². The van der Waals surface area contributed by atoms with E-state index >= 15 is 0 Å². The van der Waals surface area contributed by atoms with Crippen LogP contribution in [0.4, 0.5) is 0 Å². The Morgan fingerprint density at radius 1 is 1.35 bits per heavy atom. The Labute approximate surface area is 107 Å². The van der Waals surface area contributed by atoms with E-state index in [0.29, 0.717) is 19.4 Å². The van der Waals surface area contributed by atoms with Crippen LogP contribution in [0, 0.1) is 5.41 Å². The molecule has 0 aliphatic heterocycles. The Kier molecular flexibility index (Phi) is 4.47. The molecule has 4 nitrogen and oxygen atoms in total. The maximum atomic E-state index is 11.9. The van der Waals surface area contributed by atoms with Crippen LogP contribution in [-0.2, 0) is 9.59 Å². The zero-order valence-corrected chi connectivity index (χ0v) is 11.5. The number of hydrogen-bond donors (Lipinski definition) is 2. The first kappa shape index (κ1) is 14.4. The minimum absolute atomic E-state index is 0.0320. The van der Waals surface area contributed by atoms with Gasteiger partial charge in [0.1, 0.15) is 5.41 Å². The lowest BCUT2D eigenvalue weighted by Crippen LogP contribution is -2.44. The van der Waals surface area contributed by atoms with Gasteiger partial charge in [0.05, 0.1) is 0 Å². The molecule has 1 aliphatic carbocycles. The van der Waals surface area contributed by atoms with Gasteiger partial charge in [-0.1, -0.05) is 13.8 Å². The van der Waals surface area contributed by atoms with Gasteiger partial charge < -0.3 is 10.4 Å². The molecule has 0 spiro atoms. The highest BCUT2D eigenvalue weighted by atomic mass is 32.2. The van der Waals surface area contributed by atoms with E-state index < -0.39 is 11.4 Å². The molecule has 0 bridgehead atoms. The lowest BCUT2D eigenvalue weighted by atomic mass is 10.0. The summed E-state index contributed by atoms with van der Waals surface area (Å²) in [6.45, 7) is 4.74. The van der Waals surface area contributed by atoms with Gasteiger partial charge in [0.2, 0.25) is 5.91 Å². The molecule has 1 amide bonds. The minimum Gasteiger partial charge on any atom is -0.480 e. The van der Waals surface area contributed by atoms with Crippen molar-refractivity contribution in [2.75, 3.05) is 12.8 Å². The fourth-order valence-electron chi connectivity index (χ4n) is 1.93. The Hall–Kier alpha value is -0.710. The highest BCUT2D eigenvalue weighted by Gasteiger charge is 2.57. The SMILES string of the molecule is CCC(CC)(CNC(=O)C1(C(=O)O)CC1)SC. The van der Waals surface area contributed by atoms with Crippen LogP contribution in [-0.4, -0.2) is 34.5 Å². The fraction of sp³-hybridized carbons (Fsp3) is 0.833. The average Bonchev–Trinajstić information content (AvgIpc) is 3.12. The molecule has 0 heterocycles. The van der Waals surface area contributed by atoms with Gasteiger partial charge >= 0.3 is 5.97 Å². The Morgan fingerprint density at radius 2 is 1.88 bits per heavy atom. The van der Waals surface area contributed by atoms with Gasteiger partial charge in [-0.3, -0.25) is 9.59 Å². The van der Waals surface area contributed by atoms with E-state index in [0.717, 1.165) is 12.8 Å². The number of rotatable bonds is 7. The van der Waals surface area contributed by atoms with Crippen molar-refractivity contribution in [2.45, 2.75) is 44.3 Å². The van der Waals surface area contributed by atoms with Crippen molar-refractivity contribution in [3.8, 4) is 0 Å². The Balaban J connectivity index is 2.56. The van der Waals surface area contributed by atoms with Gasteiger partial charge in [-0.2, -0.15) is 11.8 Å². The third-order valence-electron chi connectivity index (χ3n) is 3.89. The molecular formula is C12H21NO3S. The first-order valence-electron chi connectivity index (χ1n) is 6.03. The molecule has 17 heavy (non-hydrogen) atoms. The van der Waals surface area contributed by atoms with Crippen molar-refractivity contribution in [3.63, 3.8) is 0 Å². The van der Waals surface area contributed by atoms with Crippen LogP contribution >= 0.6 is 11.8 Å². The number of aliphatic carboxylic acids is 1. The fourth-order valence-corrected chi connectivity index (χ4v) is 2.73. The van der Waals surface area contributed by atoms with Crippen LogP contribution in [0.1, 0.15) is 39.5 Å². The summed E-state index contributed by atoms with van der Waals surface area (Å²) in [5.41, 5.74) is -1.12. The summed E-state index contributed by atoms with van der Waals surface area (Å²) in [5, 5.41) is 11.8. The largest absolute Gasteiger partial charge is 0.480 e. The van der Waals surface area contributed by atoms with Crippen molar-refractivity contribution >= 4 is 23.6 Å². The summed E-state index contributed by atoms with van der Waals surface area (Å²) in [7, 11) is 0. The van der Waals surface area contributed by atoms with Crippen molar-refractivity contribution in [3.05, 3.63) is 0 Å². The van der Waals surface area contributed by atoms with Crippen molar-refractivity contribution in [1.82, 2.24) is 5.32 Å². The first-order valence-corrected chi connectivity index (χ1v) is 7.25. The summed E-state index contributed by atoms with van der Waals surface area (Å²) in [5.74, 6) is -1.30. The van der Waals surface area contributed by atoms with E-state index in [1.807, 2.05) is 6.26 Å². The summed E-state index contributed by atoms with van der Waals surface area (Å²) < 4.78 is 0.0320. The standard InChI is InChI=1S/C12H21NO3S/c1-4-11(5-2,17-3)8-13-9(14)12(6-7-12)10(15)16/h4-8H2,1-3H3,(H,13,14)(H,15,16). The zero-order valence-electron chi connectivity index (χ0n) is 10.7. The number of amides is 1. The summed E-state index contributed by atoms with van der Waals surface area (Å²) in [4.78, 5) is 22.9. The smallest absolute Gasteiger partial charge is 0.319 e. The second kappa shape index (κ2) is 5.29. The number of hydrogen-bond acceptors (Lipinski definition) is 3. The molecule has 1 aliphatic rings. The van der Waals surface area contributed by atoms with Gasteiger partial charge in [0.25, 0.3) is 0 Å². The number of thioether (sulfide) groups is 1. The highest BCUT2D eigenvalue weighted by Crippen LogP contribution is 2.46. The lowest BCUT2D eigenvalue weighted by Gasteiger charge is -2.30. The Morgan fingerprint density at radius 3 is 2.18 bits per heavy atom. The molecule has 2 N–H and O–H groups in total. The van der Waals surface area contributed by atoms with E-state index in [9.17, 15) is 9.59 Å². The average molecular weight is 259 g/mol. The molecule has 0 aromatic carbocycles. The third kappa shape index (κ3) is 2.76. The van der Waals surface area contributed by atoms with Crippen molar-refractivity contribution in [1.29, 1.82) is 0 Å². The van der Waals surface area contributed by atoms with Gasteiger partial charge in [0.15, 0.2) is 0 Å². The van der Waals surface area contributed by atoms with E-state index in [4.69, 9.17) is 5.11 Å². The molecule has 0 atom stereocenters. The molecule has 0 saturated heterocycles. The quantitative estimate of drug-likeness (QED) is 0.685. The molecule has 5 heteroatoms. The van der Waals surface area contributed by atoms with Crippen LogP contribution in [0.3, 0.4) is 0 Å². The lowest BCUT2D eigenvalue weighted by molar-refractivity contribution is -0.149. The third-order valence-corrected chi connectivity index (χ3v) is 5.47. The molecule has 0 aromatic rings. The van der Waals surface area contributed by atoms with Gasteiger partial charge in [-0.15, -0.1) is 0 Å². The predicted octanol–water partition coefficient (Wildman–Crippen LogP) is 1.89. The van der Waals surface area contributed by atoms with Crippen LogP contribution in [0.5, 0.6) is 0 Å². The maximum absolute atomic E-state index is 11.9. The van der Waals surface area contributed by atoms with Gasteiger partial charge in [-0.25, -0.2) is 0 Å². The van der Waals surface area contributed by atoms with Crippen LogP contribution < -0.4 is 5.32 Å². The highest BCUT2D eigenvalue weighted by molar-refractivity contribution is 8.00. The van der Waals surface area contributed by atoms with Crippen LogP contribution in [0.25, 0.3) is 0 Å². The zero-order chi connectivity index (χ0) is 13.1. The predicted molar refractivity (Wildman–Crippen MR) is 69.1 cm³/mol. The normalized spacial score (nSPS) is 17.6. The molecule has 1 fully saturated rings. The topological polar surface area (TPSA) is 66.4 Å². The molecule has 1 saturated carbocycles. The van der Waals surface area contributed by atoms with Gasteiger partial charge in [-0.05, 0) is 31.9 Å². The van der Waals surface area contributed by atoms with E-state index in [-0.39, 0.29) is 10.7 Å². The number of carbonyl (C=O) groups excluding carboxylic acids is 1. The minimum atomic E-state index is -1.12. The van der Waals surface area contributed by atoms with E-state index in [2.05, 4.69) is 19.2 Å². The summed E-state index contributed by atoms with van der Waals surface area (Å²) in [6, 6.07) is 0. The van der Waals surface area contributed by atoms with E-state index in [1.165, 1.54) is 0 Å². The molecule has 0 radical (unpaired) electrons. The molecule has 0 unspecified atom stereocenters. The van der Waals surface area contributed by atoms with E-state index in [1.54, 1.807) is 11.8 Å². The van der Waals surface area contributed by atoms with Gasteiger partial charge in [0, 0.05) is 11.3 Å². The number of carboxylic acids is 1. The summed E-state index contributed by atoms with van der Waals surface area (Å²) >= 11 is 1.74. The van der Waals surface area contributed by atoms with Crippen LogP contribution in [0.15, 0.2) is 0 Å². The summed E-state index contributed by atoms with van der Waals surface area (Å²) in [6.07, 6.45) is 4.90. The Bertz CT molecular complexity index is 301. The first-order chi connectivity index (χ1) is 7.96. The molecule has 0 aromatic heterocycles. The molecule has 1 rings (SSSR count). The maximum Gasteiger partial charge on any atom is 0.319 e.